The molecule has 1 unspecified atom stereocenters. The number of likely N-dealkylation sites (N-methyl/N-ethyl adjacent to an activating group) is 1. The quantitative estimate of drug-likeness (QED) is 0.464. The minimum absolute atomic E-state index is 0.0391. The SMILES string of the molecule is CN(C)C(CNC(=O)c1ccccc1Oc1ccccc1)c1cn(C)c2ccccc12. The number of para-hydroxylation sites is 3. The molecule has 0 saturated carbocycles. The van der Waals surface area contributed by atoms with Crippen LogP contribution in [0.2, 0.25) is 0 Å². The lowest BCUT2D eigenvalue weighted by molar-refractivity contribution is 0.0939. The van der Waals surface area contributed by atoms with Gasteiger partial charge in [0.05, 0.1) is 11.6 Å². The van der Waals surface area contributed by atoms with Gasteiger partial charge in [-0.25, -0.2) is 0 Å². The van der Waals surface area contributed by atoms with E-state index in [0.29, 0.717) is 23.6 Å². The number of aromatic nitrogens is 1. The van der Waals surface area contributed by atoms with E-state index >= 15 is 0 Å². The number of carbonyl (C=O) groups is 1. The molecule has 0 spiro atoms. The minimum atomic E-state index is -0.154. The Morgan fingerprint density at radius 2 is 1.65 bits per heavy atom. The average Bonchev–Trinajstić information content (AvgIpc) is 3.11. The minimum Gasteiger partial charge on any atom is -0.457 e. The largest absolute Gasteiger partial charge is 0.457 e. The predicted octanol–water partition coefficient (Wildman–Crippen LogP) is 5.00. The fourth-order valence-corrected chi connectivity index (χ4v) is 3.85. The summed E-state index contributed by atoms with van der Waals surface area (Å²) >= 11 is 0. The van der Waals surface area contributed by atoms with Crippen molar-refractivity contribution in [3.8, 4) is 11.5 Å². The Morgan fingerprint density at radius 3 is 2.42 bits per heavy atom. The normalized spacial score (nSPS) is 12.1. The van der Waals surface area contributed by atoms with Crippen LogP contribution in [0.3, 0.4) is 0 Å². The second-order valence-electron chi connectivity index (χ2n) is 7.81. The van der Waals surface area contributed by atoms with Gasteiger partial charge in [-0.3, -0.25) is 4.79 Å². The number of fused-ring (bicyclic) bond motifs is 1. The molecule has 1 amide bonds. The number of carbonyl (C=O) groups excluding carboxylic acids is 1. The van der Waals surface area contributed by atoms with Crippen molar-refractivity contribution in [2.45, 2.75) is 6.04 Å². The van der Waals surface area contributed by atoms with E-state index in [1.165, 1.54) is 16.5 Å². The first-order chi connectivity index (χ1) is 15.0. The number of nitrogens with zero attached hydrogens (tertiary/aromatic N) is 2. The zero-order chi connectivity index (χ0) is 21.8. The average molecular weight is 414 g/mol. The molecule has 0 fully saturated rings. The summed E-state index contributed by atoms with van der Waals surface area (Å²) in [5, 5.41) is 4.31. The lowest BCUT2D eigenvalue weighted by Crippen LogP contribution is -2.34. The van der Waals surface area contributed by atoms with Crippen molar-refractivity contribution in [2.75, 3.05) is 20.6 Å². The van der Waals surface area contributed by atoms with Crippen LogP contribution in [0.1, 0.15) is 22.0 Å². The van der Waals surface area contributed by atoms with Crippen LogP contribution in [0.25, 0.3) is 10.9 Å². The van der Waals surface area contributed by atoms with Gasteiger partial charge in [0.25, 0.3) is 5.91 Å². The summed E-state index contributed by atoms with van der Waals surface area (Å²) in [7, 11) is 6.12. The molecular formula is C26H27N3O2. The van der Waals surface area contributed by atoms with Crippen LogP contribution in [0, 0.1) is 0 Å². The van der Waals surface area contributed by atoms with Crippen LogP contribution in [0.5, 0.6) is 11.5 Å². The number of benzene rings is 3. The second kappa shape index (κ2) is 9.06. The Morgan fingerprint density at radius 1 is 0.968 bits per heavy atom. The van der Waals surface area contributed by atoms with Crippen molar-refractivity contribution in [2.24, 2.45) is 7.05 Å². The number of rotatable bonds is 7. The smallest absolute Gasteiger partial charge is 0.255 e. The van der Waals surface area contributed by atoms with Crippen molar-refractivity contribution in [1.82, 2.24) is 14.8 Å². The van der Waals surface area contributed by atoms with Gasteiger partial charge in [-0.1, -0.05) is 48.5 Å². The molecule has 0 saturated heterocycles. The number of amides is 1. The van der Waals surface area contributed by atoms with Gasteiger partial charge in [0.1, 0.15) is 11.5 Å². The highest BCUT2D eigenvalue weighted by atomic mass is 16.5. The topological polar surface area (TPSA) is 46.5 Å². The van der Waals surface area contributed by atoms with E-state index in [9.17, 15) is 4.79 Å². The molecule has 0 aliphatic carbocycles. The summed E-state index contributed by atoms with van der Waals surface area (Å²) in [6.45, 7) is 0.486. The highest BCUT2D eigenvalue weighted by molar-refractivity contribution is 5.97. The van der Waals surface area contributed by atoms with E-state index < -0.39 is 0 Å². The van der Waals surface area contributed by atoms with Gasteiger partial charge in [0, 0.05) is 30.7 Å². The van der Waals surface area contributed by atoms with E-state index in [4.69, 9.17) is 4.74 Å². The predicted molar refractivity (Wildman–Crippen MR) is 125 cm³/mol. The van der Waals surface area contributed by atoms with Gasteiger partial charge < -0.3 is 19.5 Å². The number of nitrogens with one attached hydrogen (secondary N) is 1. The molecule has 0 aliphatic heterocycles. The molecular weight excluding hydrogens is 386 g/mol. The summed E-state index contributed by atoms with van der Waals surface area (Å²) in [6.07, 6.45) is 2.15. The Hall–Kier alpha value is -3.57. The number of ether oxygens (including phenoxy) is 1. The van der Waals surface area contributed by atoms with Crippen LogP contribution < -0.4 is 10.1 Å². The third kappa shape index (κ3) is 4.47. The van der Waals surface area contributed by atoms with Crippen molar-refractivity contribution >= 4 is 16.8 Å². The number of hydrogen-bond donors (Lipinski definition) is 1. The molecule has 1 atom stereocenters. The second-order valence-corrected chi connectivity index (χ2v) is 7.81. The molecule has 3 aromatic carbocycles. The van der Waals surface area contributed by atoms with Gasteiger partial charge in [-0.05, 0) is 50.0 Å². The summed E-state index contributed by atoms with van der Waals surface area (Å²) in [5.74, 6) is 1.08. The molecule has 5 nitrogen and oxygen atoms in total. The molecule has 0 aliphatic rings. The zero-order valence-electron chi connectivity index (χ0n) is 18.1. The van der Waals surface area contributed by atoms with Gasteiger partial charge in [-0.2, -0.15) is 0 Å². The molecule has 1 heterocycles. The fraction of sp³-hybridized carbons (Fsp3) is 0.192. The summed E-state index contributed by atoms with van der Waals surface area (Å²) in [4.78, 5) is 15.2. The highest BCUT2D eigenvalue weighted by Crippen LogP contribution is 2.29. The first-order valence-corrected chi connectivity index (χ1v) is 10.3. The first kappa shape index (κ1) is 20.7. The maximum absolute atomic E-state index is 13.1. The van der Waals surface area contributed by atoms with E-state index in [0.717, 1.165) is 0 Å². The van der Waals surface area contributed by atoms with Crippen LogP contribution in [0.15, 0.2) is 85.1 Å². The molecule has 0 radical (unpaired) electrons. The Balaban J connectivity index is 1.54. The molecule has 1 N–H and O–H groups in total. The lowest BCUT2D eigenvalue weighted by atomic mass is 10.0. The molecule has 5 heteroatoms. The maximum atomic E-state index is 13.1. The fourth-order valence-electron chi connectivity index (χ4n) is 3.85. The van der Waals surface area contributed by atoms with Gasteiger partial charge >= 0.3 is 0 Å². The molecule has 4 rings (SSSR count). The van der Waals surface area contributed by atoms with Crippen molar-refractivity contribution in [3.05, 3.63) is 96.2 Å². The lowest BCUT2D eigenvalue weighted by Gasteiger charge is -2.24. The summed E-state index contributed by atoms with van der Waals surface area (Å²) in [5.41, 5.74) is 2.89. The Bertz CT molecular complexity index is 1180. The third-order valence-corrected chi connectivity index (χ3v) is 5.47. The van der Waals surface area contributed by atoms with Crippen molar-refractivity contribution in [1.29, 1.82) is 0 Å². The van der Waals surface area contributed by atoms with Gasteiger partial charge in [0.15, 0.2) is 0 Å². The molecule has 158 valence electrons. The monoisotopic (exact) mass is 413 g/mol. The van der Waals surface area contributed by atoms with Crippen LogP contribution in [0.4, 0.5) is 0 Å². The third-order valence-electron chi connectivity index (χ3n) is 5.47. The number of hydrogen-bond acceptors (Lipinski definition) is 3. The van der Waals surface area contributed by atoms with Gasteiger partial charge in [-0.15, -0.1) is 0 Å². The zero-order valence-corrected chi connectivity index (χ0v) is 18.1. The molecule has 1 aromatic heterocycles. The van der Waals surface area contributed by atoms with E-state index in [2.05, 4.69) is 33.1 Å². The van der Waals surface area contributed by atoms with Crippen LogP contribution in [-0.2, 0) is 7.05 Å². The Kier molecular flexibility index (Phi) is 6.05. The van der Waals surface area contributed by atoms with E-state index in [1.807, 2.05) is 81.8 Å². The maximum Gasteiger partial charge on any atom is 0.255 e. The standard InChI is InChI=1S/C26H27N3O2/c1-28(2)24(22-18-29(3)23-15-9-7-13-20(22)23)17-27-26(30)21-14-8-10-16-25(21)31-19-11-5-4-6-12-19/h4-16,18,24H,17H2,1-3H3,(H,27,30). The summed E-state index contributed by atoms with van der Waals surface area (Å²) < 4.78 is 8.09. The van der Waals surface area contributed by atoms with E-state index in [1.54, 1.807) is 6.07 Å². The number of aryl methyl sites for hydroxylation is 1. The molecule has 4 aromatic rings. The van der Waals surface area contributed by atoms with Gasteiger partial charge in [0.2, 0.25) is 0 Å². The van der Waals surface area contributed by atoms with Crippen LogP contribution >= 0.6 is 0 Å². The van der Waals surface area contributed by atoms with E-state index in [-0.39, 0.29) is 11.9 Å². The summed E-state index contributed by atoms with van der Waals surface area (Å²) in [6, 6.07) is 25.2. The Labute approximate surface area is 182 Å². The van der Waals surface area contributed by atoms with Crippen molar-refractivity contribution in [3.63, 3.8) is 0 Å². The highest BCUT2D eigenvalue weighted by Gasteiger charge is 2.21. The first-order valence-electron chi connectivity index (χ1n) is 10.3. The molecule has 31 heavy (non-hydrogen) atoms. The molecule has 0 bridgehead atoms. The van der Waals surface area contributed by atoms with Crippen LogP contribution in [-0.4, -0.2) is 36.0 Å². The van der Waals surface area contributed by atoms with Crippen molar-refractivity contribution < 1.29 is 9.53 Å².